The molecule has 0 fully saturated rings. The molecule has 186 valence electrons. The van der Waals surface area contributed by atoms with Crippen molar-refractivity contribution in [2.75, 3.05) is 39.1 Å². The second-order valence-corrected chi connectivity index (χ2v) is 8.89. The first-order valence-corrected chi connectivity index (χ1v) is 11.9. The maximum absolute atomic E-state index is 13.8. The van der Waals surface area contributed by atoms with Crippen LogP contribution < -0.4 is 29.6 Å². The maximum atomic E-state index is 13.8. The van der Waals surface area contributed by atoms with Gasteiger partial charge in [-0.1, -0.05) is 24.3 Å². The molecule has 2 atom stereocenters. The predicted molar refractivity (Wildman–Crippen MR) is 140 cm³/mol. The molecular weight excluding hydrogens is 456 g/mol. The lowest BCUT2D eigenvalue weighted by Crippen LogP contribution is -2.27. The highest BCUT2D eigenvalue weighted by molar-refractivity contribution is 6.01. The van der Waals surface area contributed by atoms with E-state index in [2.05, 4.69) is 10.6 Å². The minimum absolute atomic E-state index is 0.0628. The zero-order chi connectivity index (χ0) is 25.2. The van der Waals surface area contributed by atoms with Gasteiger partial charge in [0, 0.05) is 29.3 Å². The van der Waals surface area contributed by atoms with E-state index < -0.39 is 6.04 Å². The van der Waals surface area contributed by atoms with E-state index in [-0.39, 0.29) is 11.7 Å². The molecule has 2 aliphatic rings. The molecule has 2 N–H and O–H groups in total. The lowest BCUT2D eigenvalue weighted by atomic mass is 9.78. The Hall–Kier alpha value is -4.13. The highest BCUT2D eigenvalue weighted by atomic mass is 16.5. The number of fused-ring (bicyclic) bond motifs is 1. The summed E-state index contributed by atoms with van der Waals surface area (Å²) in [6, 6.07) is 19.2. The van der Waals surface area contributed by atoms with Gasteiger partial charge in [0.1, 0.15) is 11.5 Å². The number of hydrogen-bond donors (Lipinski definition) is 2. The monoisotopic (exact) mass is 486 g/mol. The Morgan fingerprint density at radius 3 is 2.08 bits per heavy atom. The maximum Gasteiger partial charge on any atom is 0.164 e. The average Bonchev–Trinajstić information content (AvgIpc) is 3.09. The molecule has 1 heterocycles. The number of para-hydroxylation sites is 2. The third-order valence-corrected chi connectivity index (χ3v) is 6.94. The molecule has 0 saturated heterocycles. The van der Waals surface area contributed by atoms with Gasteiger partial charge in [-0.15, -0.1) is 0 Å². The predicted octanol–water partition coefficient (Wildman–Crippen LogP) is 5.70. The van der Waals surface area contributed by atoms with Crippen LogP contribution in [-0.2, 0) is 4.79 Å². The first kappa shape index (κ1) is 23.6. The summed E-state index contributed by atoms with van der Waals surface area (Å²) in [6.07, 6.45) is 1.12. The first-order chi connectivity index (χ1) is 17.6. The third kappa shape index (κ3) is 4.21. The molecule has 3 aromatic rings. The standard InChI is InChI=1S/C29H30N2O5/c1-33-19-11-9-17(10-12-19)18-13-23-28(24(32)14-18)29(31-22-8-6-5-7-21(22)30-23)20-15-26(35-3)27(36-4)16-25(20)34-2/h5-12,15-16,18,29-31H,13-14H2,1-4H3/t18-,29+/m0/s1. The van der Waals surface area contributed by atoms with E-state index in [0.717, 1.165) is 33.9 Å². The number of carbonyl (C=O) groups is 1. The fourth-order valence-electron chi connectivity index (χ4n) is 5.12. The zero-order valence-corrected chi connectivity index (χ0v) is 20.9. The third-order valence-electron chi connectivity index (χ3n) is 6.94. The fraction of sp³-hybridized carbons (Fsp3) is 0.276. The molecule has 36 heavy (non-hydrogen) atoms. The van der Waals surface area contributed by atoms with Crippen LogP contribution in [0.15, 0.2) is 71.9 Å². The van der Waals surface area contributed by atoms with E-state index >= 15 is 0 Å². The van der Waals surface area contributed by atoms with Crippen LogP contribution >= 0.6 is 0 Å². The number of ketones is 1. The van der Waals surface area contributed by atoms with Crippen molar-refractivity contribution in [1.29, 1.82) is 0 Å². The Balaban J connectivity index is 1.63. The average molecular weight is 487 g/mol. The summed E-state index contributed by atoms with van der Waals surface area (Å²) < 4.78 is 22.1. The van der Waals surface area contributed by atoms with Crippen molar-refractivity contribution < 1.29 is 23.7 Å². The largest absolute Gasteiger partial charge is 0.497 e. The Labute approximate surface area is 211 Å². The van der Waals surface area contributed by atoms with Gasteiger partial charge in [0.05, 0.1) is 45.9 Å². The van der Waals surface area contributed by atoms with Crippen LogP contribution in [0.5, 0.6) is 23.0 Å². The summed E-state index contributed by atoms with van der Waals surface area (Å²) in [5, 5.41) is 7.18. The number of allylic oxidation sites excluding steroid dienone is 1. The van der Waals surface area contributed by atoms with Gasteiger partial charge in [-0.25, -0.2) is 0 Å². The van der Waals surface area contributed by atoms with Crippen molar-refractivity contribution in [3.05, 3.63) is 83.1 Å². The van der Waals surface area contributed by atoms with Gasteiger partial charge in [-0.05, 0) is 48.2 Å². The number of carbonyl (C=O) groups excluding carboxylic acids is 1. The van der Waals surface area contributed by atoms with Crippen LogP contribution in [0.25, 0.3) is 0 Å². The SMILES string of the molecule is COc1ccc([C@@H]2CC(=O)C3=C(C2)Nc2ccccc2N[C@@H]3c2cc(OC)c(OC)cc2OC)cc1. The van der Waals surface area contributed by atoms with E-state index in [1.165, 1.54) is 0 Å². The van der Waals surface area contributed by atoms with Crippen molar-refractivity contribution in [1.82, 2.24) is 0 Å². The molecular formula is C29H30N2O5. The zero-order valence-electron chi connectivity index (χ0n) is 20.9. The molecule has 3 aromatic carbocycles. The van der Waals surface area contributed by atoms with Gasteiger partial charge in [-0.2, -0.15) is 0 Å². The van der Waals surface area contributed by atoms with Crippen molar-refractivity contribution in [2.45, 2.75) is 24.8 Å². The fourth-order valence-corrected chi connectivity index (χ4v) is 5.12. The van der Waals surface area contributed by atoms with E-state index in [1.807, 2.05) is 54.6 Å². The number of benzene rings is 3. The van der Waals surface area contributed by atoms with Gasteiger partial charge in [0.2, 0.25) is 0 Å². The summed E-state index contributed by atoms with van der Waals surface area (Å²) in [7, 11) is 6.46. The topological polar surface area (TPSA) is 78.1 Å². The Kier molecular flexibility index (Phi) is 6.46. The highest BCUT2D eigenvalue weighted by Crippen LogP contribution is 2.47. The van der Waals surface area contributed by atoms with E-state index in [1.54, 1.807) is 34.5 Å². The highest BCUT2D eigenvalue weighted by Gasteiger charge is 2.37. The van der Waals surface area contributed by atoms with Crippen LogP contribution in [0.4, 0.5) is 11.4 Å². The normalized spacial score (nSPS) is 18.7. The summed E-state index contributed by atoms with van der Waals surface area (Å²) in [6.45, 7) is 0. The number of ether oxygens (including phenoxy) is 4. The first-order valence-electron chi connectivity index (χ1n) is 11.9. The van der Waals surface area contributed by atoms with Crippen LogP contribution in [0, 0.1) is 0 Å². The molecule has 7 nitrogen and oxygen atoms in total. The minimum Gasteiger partial charge on any atom is -0.497 e. The second-order valence-electron chi connectivity index (χ2n) is 8.89. The van der Waals surface area contributed by atoms with Crippen molar-refractivity contribution in [3.8, 4) is 23.0 Å². The van der Waals surface area contributed by atoms with Crippen LogP contribution in [0.1, 0.15) is 35.9 Å². The molecule has 0 aromatic heterocycles. The number of methoxy groups -OCH3 is 4. The Bertz CT molecular complexity index is 1320. The molecule has 7 heteroatoms. The van der Waals surface area contributed by atoms with E-state index in [4.69, 9.17) is 18.9 Å². The lowest BCUT2D eigenvalue weighted by molar-refractivity contribution is -0.116. The minimum atomic E-state index is -0.435. The summed E-state index contributed by atoms with van der Waals surface area (Å²) in [5.41, 5.74) is 5.37. The van der Waals surface area contributed by atoms with Crippen LogP contribution in [-0.4, -0.2) is 34.2 Å². The quantitative estimate of drug-likeness (QED) is 0.463. The van der Waals surface area contributed by atoms with Gasteiger partial charge < -0.3 is 29.6 Å². The Morgan fingerprint density at radius 2 is 1.42 bits per heavy atom. The van der Waals surface area contributed by atoms with Gasteiger partial charge >= 0.3 is 0 Å². The van der Waals surface area contributed by atoms with Gasteiger partial charge in [-0.3, -0.25) is 4.79 Å². The van der Waals surface area contributed by atoms with Crippen molar-refractivity contribution in [2.24, 2.45) is 0 Å². The smallest absolute Gasteiger partial charge is 0.164 e. The molecule has 0 radical (unpaired) electrons. The molecule has 1 aliphatic carbocycles. The van der Waals surface area contributed by atoms with Crippen molar-refractivity contribution in [3.63, 3.8) is 0 Å². The number of Topliss-reactive ketones (excluding diaryl/α,β-unsaturated/α-hetero) is 1. The molecule has 1 aliphatic heterocycles. The van der Waals surface area contributed by atoms with Crippen LogP contribution in [0.3, 0.4) is 0 Å². The van der Waals surface area contributed by atoms with Gasteiger partial charge in [0.15, 0.2) is 17.3 Å². The lowest BCUT2D eigenvalue weighted by Gasteiger charge is -2.30. The molecule has 0 bridgehead atoms. The second kappa shape index (κ2) is 9.85. The number of rotatable bonds is 6. The van der Waals surface area contributed by atoms with Gasteiger partial charge in [0.25, 0.3) is 0 Å². The summed E-state index contributed by atoms with van der Waals surface area (Å²) in [5.74, 6) is 2.70. The summed E-state index contributed by atoms with van der Waals surface area (Å²) >= 11 is 0. The molecule has 0 amide bonds. The van der Waals surface area contributed by atoms with Crippen molar-refractivity contribution >= 4 is 17.2 Å². The molecule has 5 rings (SSSR count). The molecule has 0 unspecified atom stereocenters. The number of hydrogen-bond acceptors (Lipinski definition) is 7. The molecule has 0 spiro atoms. The summed E-state index contributed by atoms with van der Waals surface area (Å²) in [4.78, 5) is 13.8. The van der Waals surface area contributed by atoms with E-state index in [0.29, 0.717) is 35.7 Å². The van der Waals surface area contributed by atoms with Crippen LogP contribution in [0.2, 0.25) is 0 Å². The Morgan fingerprint density at radius 1 is 0.750 bits per heavy atom. The molecule has 0 saturated carbocycles. The number of nitrogens with one attached hydrogen (secondary N) is 2. The number of anilines is 2. The van der Waals surface area contributed by atoms with E-state index in [9.17, 15) is 4.79 Å².